The first-order valence-electron chi connectivity index (χ1n) is 4.29. The van der Waals surface area contributed by atoms with Gasteiger partial charge in [-0.1, -0.05) is 0 Å². The van der Waals surface area contributed by atoms with Crippen LogP contribution in [0.2, 0.25) is 0 Å². The van der Waals surface area contributed by atoms with Crippen LogP contribution in [0.5, 0.6) is 0 Å². The molecular formula is C8H13O6P. The summed E-state index contributed by atoms with van der Waals surface area (Å²) in [5, 5.41) is 0. The van der Waals surface area contributed by atoms with E-state index in [9.17, 15) is 9.36 Å². The van der Waals surface area contributed by atoms with Crippen LogP contribution in [-0.2, 0) is 18.6 Å². The van der Waals surface area contributed by atoms with E-state index in [1.54, 1.807) is 5.92 Å². The maximum Gasteiger partial charge on any atom is 0.469 e. The summed E-state index contributed by atoms with van der Waals surface area (Å²) in [6.07, 6.45) is 6.45. The van der Waals surface area contributed by atoms with Gasteiger partial charge in [-0.25, -0.2) is 9.36 Å². The SMILES string of the molecule is C#CC(=O)OCCCCCOP(=O)(O)O. The van der Waals surface area contributed by atoms with Crippen molar-refractivity contribution in [2.24, 2.45) is 0 Å². The molecule has 0 amide bonds. The van der Waals surface area contributed by atoms with E-state index < -0.39 is 13.8 Å². The third-order valence-electron chi connectivity index (χ3n) is 1.40. The first kappa shape index (κ1) is 14.1. The number of ether oxygens (including phenoxy) is 1. The Hall–Kier alpha value is -0.860. The van der Waals surface area contributed by atoms with E-state index in [2.05, 4.69) is 9.26 Å². The van der Waals surface area contributed by atoms with Crippen molar-refractivity contribution in [3.8, 4) is 12.3 Å². The molecule has 0 rings (SSSR count). The van der Waals surface area contributed by atoms with Crippen LogP contribution in [0.25, 0.3) is 0 Å². The molecule has 0 fully saturated rings. The van der Waals surface area contributed by atoms with Gasteiger partial charge in [0.1, 0.15) is 0 Å². The number of phosphoric ester groups is 1. The van der Waals surface area contributed by atoms with Crippen molar-refractivity contribution in [3.05, 3.63) is 0 Å². The minimum atomic E-state index is -4.35. The number of hydrogen-bond acceptors (Lipinski definition) is 4. The van der Waals surface area contributed by atoms with E-state index in [1.807, 2.05) is 0 Å². The van der Waals surface area contributed by atoms with Crippen molar-refractivity contribution < 1.29 is 28.4 Å². The number of unbranched alkanes of at least 4 members (excludes halogenated alkanes) is 2. The summed E-state index contributed by atoms with van der Waals surface area (Å²) in [6, 6.07) is 0. The second-order valence-electron chi connectivity index (χ2n) is 2.66. The van der Waals surface area contributed by atoms with Gasteiger partial charge in [-0.3, -0.25) is 4.52 Å². The molecule has 0 aliphatic carbocycles. The lowest BCUT2D eigenvalue weighted by Crippen LogP contribution is -2.02. The standard InChI is InChI=1S/C8H13O6P/c1-2-8(9)13-6-4-3-5-7-14-15(10,11)12/h1H,3-7H2,(H2,10,11,12). The number of phosphoric acid groups is 1. The Labute approximate surface area is 87.8 Å². The monoisotopic (exact) mass is 236 g/mol. The van der Waals surface area contributed by atoms with E-state index in [0.717, 1.165) is 0 Å². The van der Waals surface area contributed by atoms with Crippen molar-refractivity contribution in [1.82, 2.24) is 0 Å². The fourth-order valence-electron chi connectivity index (χ4n) is 0.771. The summed E-state index contributed by atoms with van der Waals surface area (Å²) < 4.78 is 19.0. The van der Waals surface area contributed by atoms with Crippen molar-refractivity contribution in [2.75, 3.05) is 13.2 Å². The van der Waals surface area contributed by atoms with Crippen LogP contribution in [-0.4, -0.2) is 29.0 Å². The van der Waals surface area contributed by atoms with Crippen LogP contribution in [0.4, 0.5) is 0 Å². The van der Waals surface area contributed by atoms with E-state index in [-0.39, 0.29) is 13.2 Å². The van der Waals surface area contributed by atoms with Gasteiger partial charge in [0.2, 0.25) is 0 Å². The highest BCUT2D eigenvalue weighted by Crippen LogP contribution is 2.35. The molecule has 0 aliphatic heterocycles. The van der Waals surface area contributed by atoms with Gasteiger partial charge in [0.15, 0.2) is 0 Å². The third kappa shape index (κ3) is 11.1. The molecule has 6 nitrogen and oxygen atoms in total. The van der Waals surface area contributed by atoms with Gasteiger partial charge in [-0.2, -0.15) is 0 Å². The molecule has 7 heteroatoms. The molecule has 0 spiro atoms. The summed E-state index contributed by atoms with van der Waals surface area (Å²) in [5.74, 6) is 1.09. The van der Waals surface area contributed by atoms with Gasteiger partial charge in [0.05, 0.1) is 13.2 Å². The number of carbonyl (C=O) groups is 1. The minimum Gasteiger partial charge on any atom is -0.456 e. The second kappa shape index (κ2) is 7.43. The molecule has 0 saturated heterocycles. The summed E-state index contributed by atoms with van der Waals surface area (Å²) in [6.45, 7) is 0.187. The van der Waals surface area contributed by atoms with Crippen LogP contribution >= 0.6 is 7.82 Å². The molecule has 0 heterocycles. The molecule has 0 atom stereocenters. The molecule has 0 radical (unpaired) electrons. The first-order chi connectivity index (χ1) is 6.95. The fraction of sp³-hybridized carbons (Fsp3) is 0.625. The first-order valence-corrected chi connectivity index (χ1v) is 5.82. The Morgan fingerprint density at radius 3 is 2.40 bits per heavy atom. The average molecular weight is 236 g/mol. The van der Waals surface area contributed by atoms with Crippen molar-refractivity contribution in [3.63, 3.8) is 0 Å². The van der Waals surface area contributed by atoms with Crippen LogP contribution < -0.4 is 0 Å². The zero-order valence-electron chi connectivity index (χ0n) is 8.09. The average Bonchev–Trinajstić information content (AvgIpc) is 2.14. The molecule has 2 N–H and O–H groups in total. The largest absolute Gasteiger partial charge is 0.469 e. The summed E-state index contributed by atoms with van der Waals surface area (Å²) in [4.78, 5) is 27.1. The summed E-state index contributed by atoms with van der Waals surface area (Å²) in [7, 11) is -4.35. The number of terminal acetylenes is 1. The molecular weight excluding hydrogens is 223 g/mol. The number of rotatable bonds is 7. The normalized spacial score (nSPS) is 10.7. The molecule has 0 saturated carbocycles. The van der Waals surface area contributed by atoms with Crippen molar-refractivity contribution in [2.45, 2.75) is 19.3 Å². The molecule has 0 aromatic carbocycles. The highest BCUT2D eigenvalue weighted by molar-refractivity contribution is 7.46. The highest BCUT2D eigenvalue weighted by atomic mass is 31.2. The van der Waals surface area contributed by atoms with E-state index >= 15 is 0 Å². The predicted molar refractivity (Wildman–Crippen MR) is 51.6 cm³/mol. The van der Waals surface area contributed by atoms with Crippen LogP contribution in [0.3, 0.4) is 0 Å². The number of esters is 1. The Balaban J connectivity index is 3.23. The maximum absolute atomic E-state index is 10.4. The molecule has 15 heavy (non-hydrogen) atoms. The van der Waals surface area contributed by atoms with Crippen LogP contribution in [0, 0.1) is 12.3 Å². The minimum absolute atomic E-state index is 0.0205. The lowest BCUT2D eigenvalue weighted by molar-refractivity contribution is -0.136. The zero-order valence-corrected chi connectivity index (χ0v) is 8.98. The van der Waals surface area contributed by atoms with Gasteiger partial charge in [0, 0.05) is 5.92 Å². The van der Waals surface area contributed by atoms with E-state index in [4.69, 9.17) is 16.2 Å². The zero-order chi connectivity index (χ0) is 11.7. The highest BCUT2D eigenvalue weighted by Gasteiger charge is 2.12. The van der Waals surface area contributed by atoms with Gasteiger partial charge >= 0.3 is 13.8 Å². The van der Waals surface area contributed by atoms with Crippen molar-refractivity contribution >= 4 is 13.8 Å². The lowest BCUT2D eigenvalue weighted by Gasteiger charge is -2.04. The van der Waals surface area contributed by atoms with Gasteiger partial charge in [0.25, 0.3) is 0 Å². The molecule has 0 unspecified atom stereocenters. The molecule has 0 aromatic heterocycles. The molecule has 0 aliphatic rings. The second-order valence-corrected chi connectivity index (χ2v) is 3.90. The Morgan fingerprint density at radius 2 is 1.87 bits per heavy atom. The maximum atomic E-state index is 10.4. The van der Waals surface area contributed by atoms with Crippen molar-refractivity contribution in [1.29, 1.82) is 0 Å². The number of hydrogen-bond donors (Lipinski definition) is 2. The summed E-state index contributed by atoms with van der Waals surface area (Å²) in [5.41, 5.74) is 0. The van der Waals surface area contributed by atoms with Gasteiger partial charge in [-0.15, -0.1) is 6.42 Å². The molecule has 0 bridgehead atoms. The van der Waals surface area contributed by atoms with Crippen LogP contribution in [0.1, 0.15) is 19.3 Å². The lowest BCUT2D eigenvalue weighted by atomic mass is 10.2. The third-order valence-corrected chi connectivity index (χ3v) is 1.92. The molecule has 0 aromatic rings. The Kier molecular flexibility index (Phi) is 7.01. The predicted octanol–water partition coefficient (Wildman–Crippen LogP) is 0.442. The fourth-order valence-corrected chi connectivity index (χ4v) is 1.14. The van der Waals surface area contributed by atoms with E-state index in [1.165, 1.54) is 0 Å². The summed E-state index contributed by atoms with van der Waals surface area (Å²) >= 11 is 0. The Bertz CT molecular complexity index is 275. The van der Waals surface area contributed by atoms with Gasteiger partial charge in [-0.05, 0) is 19.3 Å². The number of carbonyl (C=O) groups excluding carboxylic acids is 1. The Morgan fingerprint density at radius 1 is 1.27 bits per heavy atom. The quantitative estimate of drug-likeness (QED) is 0.219. The smallest absolute Gasteiger partial charge is 0.456 e. The van der Waals surface area contributed by atoms with Crippen LogP contribution in [0.15, 0.2) is 0 Å². The molecule has 86 valence electrons. The van der Waals surface area contributed by atoms with E-state index in [0.29, 0.717) is 19.3 Å². The topological polar surface area (TPSA) is 93.1 Å². The van der Waals surface area contributed by atoms with Gasteiger partial charge < -0.3 is 14.5 Å².